The summed E-state index contributed by atoms with van der Waals surface area (Å²) in [5.41, 5.74) is 0.231. The number of methoxy groups -OCH3 is 2. The summed E-state index contributed by atoms with van der Waals surface area (Å²) in [6, 6.07) is -0.331. The number of aromatic nitrogens is 2. The van der Waals surface area contributed by atoms with Gasteiger partial charge >= 0.3 is 11.7 Å². The quantitative estimate of drug-likeness (QED) is 0.727. The van der Waals surface area contributed by atoms with Gasteiger partial charge in [-0.25, -0.2) is 9.59 Å². The average Bonchev–Trinajstić information content (AvgIpc) is 3.22. The number of rotatable bonds is 7. The molecule has 2 fully saturated rings. The van der Waals surface area contributed by atoms with E-state index in [1.807, 2.05) is 6.92 Å². The second kappa shape index (κ2) is 7.34. The molecule has 2 aromatic heterocycles. The van der Waals surface area contributed by atoms with Crippen LogP contribution >= 0.6 is 11.3 Å². The molecule has 0 radical (unpaired) electrons. The molecular formula is C18H24N4O5S. The normalized spacial score (nSPS) is 21.5. The molecule has 4 rings (SSSR count). The first kappa shape index (κ1) is 19.2. The van der Waals surface area contributed by atoms with E-state index in [1.165, 1.54) is 15.9 Å². The van der Waals surface area contributed by atoms with Crippen molar-refractivity contribution in [2.75, 3.05) is 33.9 Å². The Morgan fingerprint density at radius 1 is 1.25 bits per heavy atom. The minimum Gasteiger partial charge on any atom is -0.383 e. The molecule has 1 saturated heterocycles. The Kier molecular flexibility index (Phi) is 5.02. The van der Waals surface area contributed by atoms with Crippen LogP contribution in [0.15, 0.2) is 9.59 Å². The zero-order valence-electron chi connectivity index (χ0n) is 16.2. The first-order chi connectivity index (χ1) is 13.5. The van der Waals surface area contributed by atoms with Crippen molar-refractivity contribution < 1.29 is 14.3 Å². The number of carbonyl (C=O) groups excluding carboxylic acids is 1. The van der Waals surface area contributed by atoms with Gasteiger partial charge in [-0.2, -0.15) is 0 Å². The van der Waals surface area contributed by atoms with Crippen LogP contribution in [0.4, 0.5) is 4.79 Å². The summed E-state index contributed by atoms with van der Waals surface area (Å²) in [5, 5.41) is 3.34. The molecular weight excluding hydrogens is 384 g/mol. The lowest BCUT2D eigenvalue weighted by Crippen LogP contribution is -2.40. The minimum atomic E-state index is -0.328. The average molecular weight is 408 g/mol. The molecule has 1 N–H and O–H groups in total. The Morgan fingerprint density at radius 3 is 2.64 bits per heavy atom. The number of thiophene rings is 1. The molecule has 0 aromatic carbocycles. The summed E-state index contributed by atoms with van der Waals surface area (Å²) in [6.07, 6.45) is 0.552. The number of nitrogens with one attached hydrogen (secondary N) is 1. The Balaban J connectivity index is 1.86. The number of hydrogen-bond donors (Lipinski definition) is 1. The van der Waals surface area contributed by atoms with Gasteiger partial charge in [-0.3, -0.25) is 13.9 Å². The van der Waals surface area contributed by atoms with E-state index in [0.717, 1.165) is 10.4 Å². The summed E-state index contributed by atoms with van der Waals surface area (Å²) < 4.78 is 13.4. The molecule has 1 aliphatic carbocycles. The minimum absolute atomic E-state index is 0.105. The zero-order valence-corrected chi connectivity index (χ0v) is 17.0. The second-order valence-electron chi connectivity index (χ2n) is 7.16. The second-order valence-corrected chi connectivity index (χ2v) is 8.25. The van der Waals surface area contributed by atoms with Gasteiger partial charge in [0.15, 0.2) is 0 Å². The van der Waals surface area contributed by atoms with Crippen LogP contribution in [0, 0.1) is 6.92 Å². The van der Waals surface area contributed by atoms with E-state index < -0.39 is 0 Å². The van der Waals surface area contributed by atoms with Crippen LogP contribution in [0.1, 0.15) is 22.9 Å². The van der Waals surface area contributed by atoms with Crippen molar-refractivity contribution in [3.8, 4) is 0 Å². The van der Waals surface area contributed by atoms with Gasteiger partial charge in [-0.15, -0.1) is 11.3 Å². The number of ether oxygens (including phenoxy) is 2. The smallest absolute Gasteiger partial charge is 0.332 e. The SMILES string of the molecule is COCCn1c(=O)n(C2CC2OC)c(=O)c2c(C)c(CN3CCNC3=O)sc21. The van der Waals surface area contributed by atoms with Gasteiger partial charge in [0.25, 0.3) is 5.56 Å². The van der Waals surface area contributed by atoms with Crippen molar-refractivity contribution in [3.63, 3.8) is 0 Å². The fraction of sp³-hybridized carbons (Fsp3) is 0.611. The summed E-state index contributed by atoms with van der Waals surface area (Å²) in [4.78, 5) is 41.6. The van der Waals surface area contributed by atoms with Crippen LogP contribution in [0.3, 0.4) is 0 Å². The predicted molar refractivity (Wildman–Crippen MR) is 105 cm³/mol. The molecule has 3 heterocycles. The van der Waals surface area contributed by atoms with Crippen molar-refractivity contribution in [1.82, 2.24) is 19.4 Å². The van der Waals surface area contributed by atoms with Crippen LogP contribution in [0.25, 0.3) is 10.2 Å². The molecule has 1 aliphatic heterocycles. The highest BCUT2D eigenvalue weighted by molar-refractivity contribution is 7.18. The van der Waals surface area contributed by atoms with Gasteiger partial charge in [0.2, 0.25) is 0 Å². The molecule has 2 aliphatic rings. The van der Waals surface area contributed by atoms with E-state index in [9.17, 15) is 14.4 Å². The van der Waals surface area contributed by atoms with Crippen molar-refractivity contribution >= 4 is 27.6 Å². The topological polar surface area (TPSA) is 94.8 Å². The molecule has 0 spiro atoms. The van der Waals surface area contributed by atoms with Crippen molar-refractivity contribution in [2.24, 2.45) is 0 Å². The van der Waals surface area contributed by atoms with Gasteiger partial charge in [-0.1, -0.05) is 0 Å². The molecule has 2 amide bonds. The first-order valence-corrected chi connectivity index (χ1v) is 10.1. The van der Waals surface area contributed by atoms with Crippen LogP contribution in [-0.2, 0) is 22.6 Å². The molecule has 10 heteroatoms. The maximum absolute atomic E-state index is 13.2. The third kappa shape index (κ3) is 3.05. The van der Waals surface area contributed by atoms with Gasteiger partial charge in [0.05, 0.1) is 37.2 Å². The predicted octanol–water partition coefficient (Wildman–Crippen LogP) is 0.665. The fourth-order valence-electron chi connectivity index (χ4n) is 3.75. The number of amides is 2. The molecule has 2 unspecified atom stereocenters. The van der Waals surface area contributed by atoms with E-state index in [-0.39, 0.29) is 29.4 Å². The maximum atomic E-state index is 13.2. The number of fused-ring (bicyclic) bond motifs is 1. The summed E-state index contributed by atoms with van der Waals surface area (Å²) in [5.74, 6) is 0. The highest BCUT2D eigenvalue weighted by Gasteiger charge is 2.42. The first-order valence-electron chi connectivity index (χ1n) is 9.29. The van der Waals surface area contributed by atoms with Crippen molar-refractivity contribution in [3.05, 3.63) is 31.3 Å². The highest BCUT2D eigenvalue weighted by Crippen LogP contribution is 2.37. The van der Waals surface area contributed by atoms with Gasteiger partial charge < -0.3 is 19.7 Å². The third-order valence-corrected chi connectivity index (χ3v) is 6.77. The third-order valence-electron chi connectivity index (χ3n) is 5.47. The molecule has 9 nitrogen and oxygen atoms in total. The highest BCUT2D eigenvalue weighted by atomic mass is 32.1. The largest absolute Gasteiger partial charge is 0.383 e. The lowest BCUT2D eigenvalue weighted by Gasteiger charge is -2.12. The summed E-state index contributed by atoms with van der Waals surface area (Å²) >= 11 is 1.41. The Hall–Kier alpha value is -2.17. The maximum Gasteiger partial charge on any atom is 0.332 e. The number of aryl methyl sites for hydroxylation is 1. The van der Waals surface area contributed by atoms with E-state index in [2.05, 4.69) is 5.32 Å². The molecule has 1 saturated carbocycles. The number of hydrogen-bond acceptors (Lipinski definition) is 6. The molecule has 2 atom stereocenters. The number of urea groups is 1. The van der Waals surface area contributed by atoms with E-state index in [1.54, 1.807) is 23.7 Å². The van der Waals surface area contributed by atoms with Crippen LogP contribution in [0.2, 0.25) is 0 Å². The molecule has 152 valence electrons. The monoisotopic (exact) mass is 408 g/mol. The van der Waals surface area contributed by atoms with Crippen LogP contribution in [-0.4, -0.2) is 60.1 Å². The van der Waals surface area contributed by atoms with E-state index in [0.29, 0.717) is 49.4 Å². The standard InChI is InChI=1S/C18H24N4O5S/c1-10-13(9-20-5-4-19-17(20)24)28-16-14(10)15(23)22(11-8-12(11)27-3)18(25)21(16)6-7-26-2/h11-12H,4-9H2,1-3H3,(H,19,24). The van der Waals surface area contributed by atoms with Crippen LogP contribution < -0.4 is 16.6 Å². The molecule has 0 bridgehead atoms. The van der Waals surface area contributed by atoms with Crippen molar-refractivity contribution in [2.45, 2.75) is 38.6 Å². The molecule has 2 aromatic rings. The van der Waals surface area contributed by atoms with Crippen molar-refractivity contribution in [1.29, 1.82) is 0 Å². The summed E-state index contributed by atoms with van der Waals surface area (Å²) in [7, 11) is 3.17. The molecule has 28 heavy (non-hydrogen) atoms. The lowest BCUT2D eigenvalue weighted by molar-refractivity contribution is 0.167. The van der Waals surface area contributed by atoms with E-state index in [4.69, 9.17) is 9.47 Å². The van der Waals surface area contributed by atoms with E-state index >= 15 is 0 Å². The lowest BCUT2D eigenvalue weighted by atomic mass is 10.2. The Bertz CT molecular complexity index is 1040. The van der Waals surface area contributed by atoms with Gasteiger partial charge in [-0.05, 0) is 18.9 Å². The zero-order chi connectivity index (χ0) is 20.0. The fourth-order valence-corrected chi connectivity index (χ4v) is 5.08. The van der Waals surface area contributed by atoms with Gasteiger partial charge in [0.1, 0.15) is 4.83 Å². The Morgan fingerprint density at radius 2 is 2.04 bits per heavy atom. The van der Waals surface area contributed by atoms with Gasteiger partial charge in [0, 0.05) is 32.2 Å². The number of nitrogens with zero attached hydrogens (tertiary/aromatic N) is 3. The summed E-state index contributed by atoms with van der Waals surface area (Å²) in [6.45, 7) is 4.30. The Labute approximate surface area is 165 Å². The van der Waals surface area contributed by atoms with Crippen LogP contribution in [0.5, 0.6) is 0 Å². The number of carbonyl (C=O) groups is 1.